The van der Waals surface area contributed by atoms with Crippen molar-refractivity contribution in [1.29, 1.82) is 0 Å². The number of fused-ring (bicyclic) bond motifs is 2. The SMILES string of the molecule is O=C1OCc2cc(-c3[nH]c(O)c4c3C(=O)N=C4c3ccc(Br)cc3)ccc21. The van der Waals surface area contributed by atoms with Crippen LogP contribution in [0.4, 0.5) is 0 Å². The van der Waals surface area contributed by atoms with Gasteiger partial charge < -0.3 is 14.8 Å². The van der Waals surface area contributed by atoms with Crippen LogP contribution in [-0.2, 0) is 11.3 Å². The molecule has 0 bridgehead atoms. The van der Waals surface area contributed by atoms with Gasteiger partial charge in [-0.1, -0.05) is 34.1 Å². The summed E-state index contributed by atoms with van der Waals surface area (Å²) in [4.78, 5) is 31.3. The number of rotatable bonds is 2. The van der Waals surface area contributed by atoms with Crippen molar-refractivity contribution in [2.24, 2.45) is 4.99 Å². The molecular weight excluding hydrogens is 412 g/mol. The van der Waals surface area contributed by atoms with E-state index < -0.39 is 5.91 Å². The third-order valence-corrected chi connectivity index (χ3v) is 5.26. The molecule has 132 valence electrons. The van der Waals surface area contributed by atoms with Gasteiger partial charge in [-0.15, -0.1) is 0 Å². The predicted molar refractivity (Wildman–Crippen MR) is 101 cm³/mol. The van der Waals surface area contributed by atoms with Crippen molar-refractivity contribution in [2.75, 3.05) is 0 Å². The summed E-state index contributed by atoms with van der Waals surface area (Å²) in [7, 11) is 0. The van der Waals surface area contributed by atoms with Crippen LogP contribution in [0.3, 0.4) is 0 Å². The van der Waals surface area contributed by atoms with E-state index in [0.717, 1.165) is 15.6 Å². The third-order valence-electron chi connectivity index (χ3n) is 4.73. The molecule has 0 spiro atoms. The van der Waals surface area contributed by atoms with Crippen LogP contribution < -0.4 is 0 Å². The second kappa shape index (κ2) is 5.65. The molecule has 7 heteroatoms. The van der Waals surface area contributed by atoms with E-state index in [-0.39, 0.29) is 18.5 Å². The fourth-order valence-corrected chi connectivity index (χ4v) is 3.73. The van der Waals surface area contributed by atoms with Crippen molar-refractivity contribution in [3.8, 4) is 17.1 Å². The maximum Gasteiger partial charge on any atom is 0.338 e. The van der Waals surface area contributed by atoms with Crippen molar-refractivity contribution < 1.29 is 19.4 Å². The standard InChI is InChI=1S/C20H11BrN2O4/c21-12-4-1-9(2-5-12)16-14-15(19(25)22-16)17(23-18(14)24)10-3-6-13-11(7-10)8-27-20(13)26/h1-7,23-24H,8H2. The number of halogens is 1. The number of aliphatic imine (C=N–C) groups is 1. The van der Waals surface area contributed by atoms with Gasteiger partial charge in [-0.25, -0.2) is 9.79 Å². The van der Waals surface area contributed by atoms with Crippen LogP contribution >= 0.6 is 15.9 Å². The first-order chi connectivity index (χ1) is 13.0. The molecule has 2 aliphatic rings. The number of esters is 1. The maximum atomic E-state index is 12.6. The van der Waals surface area contributed by atoms with Crippen LogP contribution in [-0.4, -0.2) is 27.7 Å². The number of carbonyl (C=O) groups is 2. The summed E-state index contributed by atoms with van der Waals surface area (Å²) in [5.74, 6) is -0.879. The fraction of sp³-hybridized carbons (Fsp3) is 0.0500. The number of benzene rings is 2. The Labute approximate surface area is 161 Å². The van der Waals surface area contributed by atoms with E-state index in [1.807, 2.05) is 24.3 Å². The van der Waals surface area contributed by atoms with E-state index in [0.29, 0.717) is 33.7 Å². The highest BCUT2D eigenvalue weighted by atomic mass is 79.9. The molecule has 2 aromatic carbocycles. The molecule has 0 aliphatic carbocycles. The van der Waals surface area contributed by atoms with Crippen molar-refractivity contribution in [1.82, 2.24) is 4.98 Å². The molecule has 3 aromatic rings. The number of nitrogens with zero attached hydrogens (tertiary/aromatic N) is 1. The Morgan fingerprint density at radius 2 is 1.78 bits per heavy atom. The van der Waals surface area contributed by atoms with E-state index in [9.17, 15) is 14.7 Å². The van der Waals surface area contributed by atoms with E-state index >= 15 is 0 Å². The summed E-state index contributed by atoms with van der Waals surface area (Å²) in [5, 5.41) is 10.5. The monoisotopic (exact) mass is 422 g/mol. The predicted octanol–water partition coefficient (Wildman–Crippen LogP) is 3.81. The van der Waals surface area contributed by atoms with Gasteiger partial charge in [0.1, 0.15) is 6.61 Å². The Balaban J connectivity index is 1.64. The van der Waals surface area contributed by atoms with Crippen LogP contribution in [0.25, 0.3) is 11.3 Å². The smallest absolute Gasteiger partial charge is 0.338 e. The Morgan fingerprint density at radius 3 is 2.56 bits per heavy atom. The zero-order valence-corrected chi connectivity index (χ0v) is 15.3. The zero-order chi connectivity index (χ0) is 18.7. The lowest BCUT2D eigenvalue weighted by Crippen LogP contribution is -1.99. The summed E-state index contributed by atoms with van der Waals surface area (Å²) in [5.41, 5.74) is 4.32. The molecule has 0 atom stereocenters. The minimum absolute atomic E-state index is 0.111. The van der Waals surface area contributed by atoms with Crippen LogP contribution in [0.5, 0.6) is 5.88 Å². The van der Waals surface area contributed by atoms with Gasteiger partial charge in [0.15, 0.2) is 5.88 Å². The molecule has 1 amide bonds. The number of carbonyl (C=O) groups excluding carboxylic acids is 2. The lowest BCUT2D eigenvalue weighted by atomic mass is 9.98. The van der Waals surface area contributed by atoms with Crippen molar-refractivity contribution >= 4 is 33.5 Å². The van der Waals surface area contributed by atoms with Gasteiger partial charge in [0.2, 0.25) is 0 Å². The number of aromatic amines is 1. The molecule has 1 aromatic heterocycles. The quantitative estimate of drug-likeness (QED) is 0.614. The second-order valence-electron chi connectivity index (χ2n) is 6.32. The Morgan fingerprint density at radius 1 is 1.04 bits per heavy atom. The van der Waals surface area contributed by atoms with Gasteiger partial charge in [-0.2, -0.15) is 0 Å². The van der Waals surface area contributed by atoms with Crippen molar-refractivity contribution in [3.63, 3.8) is 0 Å². The minimum Gasteiger partial charge on any atom is -0.494 e. The van der Waals surface area contributed by atoms with Crippen LogP contribution in [0.1, 0.15) is 37.4 Å². The molecule has 2 aliphatic heterocycles. The topological polar surface area (TPSA) is 91.8 Å². The van der Waals surface area contributed by atoms with Gasteiger partial charge >= 0.3 is 5.97 Å². The van der Waals surface area contributed by atoms with Gasteiger partial charge in [-0.3, -0.25) is 4.79 Å². The Hall–Kier alpha value is -3.19. The van der Waals surface area contributed by atoms with Crippen LogP contribution in [0, 0.1) is 0 Å². The number of hydrogen-bond acceptors (Lipinski definition) is 4. The molecule has 3 heterocycles. The van der Waals surface area contributed by atoms with Gasteiger partial charge in [-0.05, 0) is 29.8 Å². The van der Waals surface area contributed by atoms with Crippen LogP contribution in [0.15, 0.2) is 51.9 Å². The van der Waals surface area contributed by atoms with E-state index in [1.165, 1.54) is 0 Å². The first kappa shape index (κ1) is 16.0. The minimum atomic E-state index is -0.415. The van der Waals surface area contributed by atoms with E-state index in [4.69, 9.17) is 4.74 Å². The van der Waals surface area contributed by atoms with Crippen molar-refractivity contribution in [3.05, 3.63) is 74.8 Å². The molecule has 2 N–H and O–H groups in total. The first-order valence-electron chi connectivity index (χ1n) is 8.17. The summed E-state index contributed by atoms with van der Waals surface area (Å²) in [6, 6.07) is 12.5. The average molecular weight is 423 g/mol. The number of hydrogen-bond donors (Lipinski definition) is 2. The summed E-state index contributed by atoms with van der Waals surface area (Å²) in [6.07, 6.45) is 0. The maximum absolute atomic E-state index is 12.6. The summed E-state index contributed by atoms with van der Waals surface area (Å²) in [6.45, 7) is 0.200. The lowest BCUT2D eigenvalue weighted by Gasteiger charge is -2.02. The molecule has 0 unspecified atom stereocenters. The number of ether oxygens (including phenoxy) is 1. The number of cyclic esters (lactones) is 1. The molecule has 27 heavy (non-hydrogen) atoms. The zero-order valence-electron chi connectivity index (χ0n) is 13.7. The molecule has 0 saturated carbocycles. The van der Waals surface area contributed by atoms with Gasteiger partial charge in [0, 0.05) is 15.6 Å². The number of H-pyrrole nitrogens is 1. The average Bonchev–Trinajstić information content (AvgIpc) is 3.31. The van der Waals surface area contributed by atoms with Crippen LogP contribution in [0.2, 0.25) is 0 Å². The highest BCUT2D eigenvalue weighted by Gasteiger charge is 2.34. The van der Waals surface area contributed by atoms with Gasteiger partial charge in [0.05, 0.1) is 28.1 Å². The highest BCUT2D eigenvalue weighted by Crippen LogP contribution is 2.39. The summed E-state index contributed by atoms with van der Waals surface area (Å²) >= 11 is 3.38. The van der Waals surface area contributed by atoms with E-state index in [1.54, 1.807) is 18.2 Å². The Kier molecular flexibility index (Phi) is 3.35. The molecule has 5 rings (SSSR count). The van der Waals surface area contributed by atoms with Crippen molar-refractivity contribution in [2.45, 2.75) is 6.61 Å². The second-order valence-corrected chi connectivity index (χ2v) is 7.23. The van der Waals surface area contributed by atoms with E-state index in [2.05, 4.69) is 25.9 Å². The summed E-state index contributed by atoms with van der Waals surface area (Å²) < 4.78 is 5.93. The number of aromatic hydroxyl groups is 1. The first-order valence-corrected chi connectivity index (χ1v) is 8.97. The normalized spacial score (nSPS) is 14.8. The number of amides is 1. The van der Waals surface area contributed by atoms with Gasteiger partial charge in [0.25, 0.3) is 5.91 Å². The number of nitrogens with one attached hydrogen (secondary N) is 1. The lowest BCUT2D eigenvalue weighted by molar-refractivity contribution is 0.0535. The Bertz CT molecular complexity index is 1180. The molecule has 6 nitrogen and oxygen atoms in total. The molecule has 0 saturated heterocycles. The largest absolute Gasteiger partial charge is 0.494 e. The number of aromatic nitrogens is 1. The third kappa shape index (κ3) is 2.35. The highest BCUT2D eigenvalue weighted by molar-refractivity contribution is 9.10. The molecule has 0 fully saturated rings. The molecular formula is C20H11BrN2O4. The fourth-order valence-electron chi connectivity index (χ4n) is 3.47. The molecule has 0 radical (unpaired) electrons.